The molecule has 3 rings (SSSR count). The van der Waals surface area contributed by atoms with Crippen LogP contribution in [0.25, 0.3) is 0 Å². The molecule has 0 aliphatic heterocycles. The molecular formula is C24H25N3O6S2. The first-order valence-electron chi connectivity index (χ1n) is 10.6. The number of amides is 3. The van der Waals surface area contributed by atoms with E-state index in [1.54, 1.807) is 61.7 Å². The highest BCUT2D eigenvalue weighted by molar-refractivity contribution is 7.16. The van der Waals surface area contributed by atoms with Gasteiger partial charge in [-0.25, -0.2) is 4.79 Å². The molecule has 0 fully saturated rings. The molecule has 3 amide bonds. The van der Waals surface area contributed by atoms with Gasteiger partial charge >= 0.3 is 5.97 Å². The van der Waals surface area contributed by atoms with Crippen molar-refractivity contribution in [2.24, 2.45) is 0 Å². The van der Waals surface area contributed by atoms with E-state index < -0.39 is 17.9 Å². The second-order valence-corrected chi connectivity index (χ2v) is 9.65. The fraction of sp³-hybridized carbons (Fsp3) is 0.250. The van der Waals surface area contributed by atoms with Gasteiger partial charge in [-0.05, 0) is 54.6 Å². The number of methoxy groups -OCH3 is 1. The van der Waals surface area contributed by atoms with Crippen molar-refractivity contribution in [3.63, 3.8) is 0 Å². The number of aryl methyl sites for hydroxylation is 1. The number of benzene rings is 1. The minimum Gasteiger partial charge on any atom is -0.508 e. The molecule has 9 nitrogen and oxygen atoms in total. The highest BCUT2D eigenvalue weighted by Gasteiger charge is 2.26. The fourth-order valence-electron chi connectivity index (χ4n) is 3.21. The Hall–Kier alpha value is -3.70. The van der Waals surface area contributed by atoms with Gasteiger partial charge in [0.2, 0.25) is 0 Å². The Bertz CT molecular complexity index is 1220. The first-order chi connectivity index (χ1) is 16.7. The minimum absolute atomic E-state index is 0.0984. The largest absolute Gasteiger partial charge is 0.508 e. The van der Waals surface area contributed by atoms with Crippen molar-refractivity contribution in [3.05, 3.63) is 73.6 Å². The van der Waals surface area contributed by atoms with E-state index in [1.165, 1.54) is 18.4 Å². The Morgan fingerprint density at radius 3 is 2.43 bits per heavy atom. The third-order valence-corrected chi connectivity index (χ3v) is 7.17. The SMILES string of the molecule is COC(=O)C(CNC(=O)c1cccs1)NC(=O)c1sc(C(=O)NC(C)c2cccc(O)c2)cc1C. The van der Waals surface area contributed by atoms with Gasteiger partial charge in [0.1, 0.15) is 11.8 Å². The summed E-state index contributed by atoms with van der Waals surface area (Å²) in [6.07, 6.45) is 0. The summed E-state index contributed by atoms with van der Waals surface area (Å²) < 4.78 is 4.76. The normalized spacial score (nSPS) is 12.3. The smallest absolute Gasteiger partial charge is 0.330 e. The monoisotopic (exact) mass is 515 g/mol. The van der Waals surface area contributed by atoms with E-state index in [0.717, 1.165) is 16.9 Å². The molecule has 2 heterocycles. The topological polar surface area (TPSA) is 134 Å². The molecule has 0 aliphatic carbocycles. The Balaban J connectivity index is 1.66. The molecule has 0 spiro atoms. The maximum atomic E-state index is 12.9. The summed E-state index contributed by atoms with van der Waals surface area (Å²) in [5, 5.41) is 19.4. The molecule has 35 heavy (non-hydrogen) atoms. The van der Waals surface area contributed by atoms with Crippen molar-refractivity contribution in [1.29, 1.82) is 0 Å². The Labute approximate surface area is 210 Å². The van der Waals surface area contributed by atoms with Crippen LogP contribution in [0.4, 0.5) is 0 Å². The summed E-state index contributed by atoms with van der Waals surface area (Å²) in [6, 6.07) is 10.1. The highest BCUT2D eigenvalue weighted by Crippen LogP contribution is 2.24. The van der Waals surface area contributed by atoms with Gasteiger partial charge in [-0.2, -0.15) is 0 Å². The van der Waals surface area contributed by atoms with Crippen LogP contribution in [-0.4, -0.2) is 48.5 Å². The molecule has 0 bridgehead atoms. The van der Waals surface area contributed by atoms with Gasteiger partial charge in [0.25, 0.3) is 17.7 Å². The number of aromatic hydroxyl groups is 1. The van der Waals surface area contributed by atoms with Gasteiger partial charge in [0, 0.05) is 6.54 Å². The summed E-state index contributed by atoms with van der Waals surface area (Å²) >= 11 is 2.24. The number of hydrogen-bond donors (Lipinski definition) is 4. The molecule has 3 aromatic rings. The zero-order chi connectivity index (χ0) is 25.5. The summed E-state index contributed by atoms with van der Waals surface area (Å²) in [5.41, 5.74) is 1.30. The van der Waals surface area contributed by atoms with Crippen LogP contribution in [0.5, 0.6) is 5.75 Å². The van der Waals surface area contributed by atoms with Crippen LogP contribution in [0.15, 0.2) is 47.8 Å². The predicted molar refractivity (Wildman–Crippen MR) is 133 cm³/mol. The van der Waals surface area contributed by atoms with Crippen molar-refractivity contribution in [2.45, 2.75) is 25.9 Å². The van der Waals surface area contributed by atoms with E-state index in [1.807, 2.05) is 0 Å². The molecule has 184 valence electrons. The fourth-order valence-corrected chi connectivity index (χ4v) is 4.83. The molecule has 11 heteroatoms. The zero-order valence-electron chi connectivity index (χ0n) is 19.3. The van der Waals surface area contributed by atoms with Crippen LogP contribution in [0, 0.1) is 6.92 Å². The van der Waals surface area contributed by atoms with Crippen molar-refractivity contribution in [2.75, 3.05) is 13.7 Å². The number of rotatable bonds is 9. The lowest BCUT2D eigenvalue weighted by atomic mass is 10.1. The molecule has 0 saturated carbocycles. The summed E-state index contributed by atoms with van der Waals surface area (Å²) in [5.74, 6) is -1.91. The molecule has 2 unspecified atom stereocenters. The number of carbonyl (C=O) groups is 4. The van der Waals surface area contributed by atoms with E-state index in [4.69, 9.17) is 4.74 Å². The number of nitrogens with one attached hydrogen (secondary N) is 3. The Kier molecular flexibility index (Phi) is 8.61. The quantitative estimate of drug-likeness (QED) is 0.324. The standard InChI is InChI=1S/C24H25N3O6S2/c1-13-10-19(22(30)26-14(2)15-6-4-7-16(28)11-15)35-20(13)23(31)27-17(24(32)33-3)12-25-21(29)18-8-5-9-34-18/h4-11,14,17,28H,12H2,1-3H3,(H,25,29)(H,26,30)(H,27,31). The van der Waals surface area contributed by atoms with Crippen LogP contribution in [0.1, 0.15) is 53.1 Å². The summed E-state index contributed by atoms with van der Waals surface area (Å²) in [7, 11) is 1.19. The maximum Gasteiger partial charge on any atom is 0.330 e. The van der Waals surface area contributed by atoms with Gasteiger partial charge < -0.3 is 25.8 Å². The molecule has 0 radical (unpaired) electrons. The van der Waals surface area contributed by atoms with Crippen molar-refractivity contribution >= 4 is 46.4 Å². The number of carbonyl (C=O) groups excluding carboxylic acids is 4. The van der Waals surface area contributed by atoms with Crippen molar-refractivity contribution < 1.29 is 29.0 Å². The zero-order valence-corrected chi connectivity index (χ0v) is 20.9. The lowest BCUT2D eigenvalue weighted by molar-refractivity contribution is -0.142. The molecule has 2 atom stereocenters. The highest BCUT2D eigenvalue weighted by atomic mass is 32.1. The summed E-state index contributed by atoms with van der Waals surface area (Å²) in [6.45, 7) is 3.31. The maximum absolute atomic E-state index is 12.9. The number of phenols is 1. The van der Waals surface area contributed by atoms with E-state index in [-0.39, 0.29) is 35.0 Å². The molecule has 1 aromatic carbocycles. The van der Waals surface area contributed by atoms with E-state index in [9.17, 15) is 24.3 Å². The third-order valence-electron chi connectivity index (χ3n) is 5.07. The minimum atomic E-state index is -1.11. The molecule has 0 aliphatic rings. The number of hydrogen-bond acceptors (Lipinski definition) is 8. The van der Waals surface area contributed by atoms with Crippen molar-refractivity contribution in [1.82, 2.24) is 16.0 Å². The predicted octanol–water partition coefficient (Wildman–Crippen LogP) is 3.02. The van der Waals surface area contributed by atoms with Crippen LogP contribution >= 0.6 is 22.7 Å². The van der Waals surface area contributed by atoms with Crippen LogP contribution in [-0.2, 0) is 9.53 Å². The average molecular weight is 516 g/mol. The second kappa shape index (κ2) is 11.6. The van der Waals surface area contributed by atoms with Crippen LogP contribution < -0.4 is 16.0 Å². The van der Waals surface area contributed by atoms with Gasteiger partial charge in [-0.3, -0.25) is 14.4 Å². The molecule has 4 N–H and O–H groups in total. The average Bonchev–Trinajstić information content (AvgIpc) is 3.51. The van der Waals surface area contributed by atoms with Gasteiger partial charge in [-0.15, -0.1) is 22.7 Å². The lowest BCUT2D eigenvalue weighted by Crippen LogP contribution is -2.48. The molecule has 0 saturated heterocycles. The van der Waals surface area contributed by atoms with E-state index in [0.29, 0.717) is 15.3 Å². The number of thiophene rings is 2. The Morgan fingerprint density at radius 1 is 1.00 bits per heavy atom. The van der Waals surface area contributed by atoms with Crippen LogP contribution in [0.2, 0.25) is 0 Å². The third kappa shape index (κ3) is 6.67. The first kappa shape index (κ1) is 25.9. The van der Waals surface area contributed by atoms with Gasteiger partial charge in [0.15, 0.2) is 0 Å². The molecule has 2 aromatic heterocycles. The lowest BCUT2D eigenvalue weighted by Gasteiger charge is -2.17. The number of phenolic OH excluding ortho intramolecular Hbond substituents is 1. The summed E-state index contributed by atoms with van der Waals surface area (Å²) in [4.78, 5) is 51.1. The van der Waals surface area contributed by atoms with Gasteiger partial charge in [0.05, 0.1) is 27.8 Å². The van der Waals surface area contributed by atoms with Crippen molar-refractivity contribution in [3.8, 4) is 5.75 Å². The number of ether oxygens (including phenoxy) is 1. The van der Waals surface area contributed by atoms with E-state index >= 15 is 0 Å². The second-order valence-electron chi connectivity index (χ2n) is 7.65. The first-order valence-corrected chi connectivity index (χ1v) is 12.3. The molecular weight excluding hydrogens is 490 g/mol. The van der Waals surface area contributed by atoms with Crippen LogP contribution in [0.3, 0.4) is 0 Å². The number of esters is 1. The van der Waals surface area contributed by atoms with E-state index in [2.05, 4.69) is 16.0 Å². The van der Waals surface area contributed by atoms with Gasteiger partial charge in [-0.1, -0.05) is 18.2 Å². The Morgan fingerprint density at radius 2 is 1.77 bits per heavy atom.